The first kappa shape index (κ1) is 19.5. The fourth-order valence-electron chi connectivity index (χ4n) is 3.41. The Morgan fingerprint density at radius 2 is 1.85 bits per heavy atom. The Morgan fingerprint density at radius 1 is 1.11 bits per heavy atom. The second-order valence-corrected chi connectivity index (χ2v) is 8.73. The van der Waals surface area contributed by atoms with Gasteiger partial charge in [-0.05, 0) is 48.6 Å². The summed E-state index contributed by atoms with van der Waals surface area (Å²) in [6.07, 6.45) is 1.67. The number of hydrogen-bond donors (Lipinski definition) is 2. The highest BCUT2D eigenvalue weighted by atomic mass is 32.2. The maximum atomic E-state index is 13.1. The molecule has 2 aromatic carbocycles. The quantitative estimate of drug-likeness (QED) is 0.761. The largest absolute Gasteiger partial charge is 0.480 e. The number of rotatable bonds is 7. The summed E-state index contributed by atoms with van der Waals surface area (Å²) in [5.41, 5.74) is 1.84. The Morgan fingerprint density at radius 3 is 2.59 bits per heavy atom. The topological polar surface area (TPSA) is 86.7 Å². The molecule has 1 atom stereocenters. The van der Waals surface area contributed by atoms with Crippen molar-refractivity contribution in [3.8, 4) is 11.1 Å². The van der Waals surface area contributed by atoms with E-state index in [0.717, 1.165) is 24.0 Å². The lowest BCUT2D eigenvalue weighted by Crippen LogP contribution is -2.43. The second kappa shape index (κ2) is 8.65. The molecule has 0 radical (unpaired) electrons. The minimum atomic E-state index is -3.58. The van der Waals surface area contributed by atoms with Gasteiger partial charge in [-0.1, -0.05) is 42.5 Å². The van der Waals surface area contributed by atoms with E-state index in [1.54, 1.807) is 18.2 Å². The lowest BCUT2D eigenvalue weighted by atomic mass is 10.00. The number of carboxylic acid groups (broad SMARTS) is 1. The molecular formula is C20H24N2O4S. The number of benzene rings is 2. The SMILES string of the molecule is O=C(O)CNCC1CCCN(S(=O)(=O)c2cccc(-c3ccccc3)c2)C1. The highest BCUT2D eigenvalue weighted by Crippen LogP contribution is 2.27. The number of hydrogen-bond acceptors (Lipinski definition) is 4. The fraction of sp³-hybridized carbons (Fsp3) is 0.350. The van der Waals surface area contributed by atoms with Gasteiger partial charge >= 0.3 is 5.97 Å². The van der Waals surface area contributed by atoms with E-state index in [2.05, 4.69) is 5.32 Å². The zero-order valence-electron chi connectivity index (χ0n) is 15.0. The van der Waals surface area contributed by atoms with Gasteiger partial charge in [-0.25, -0.2) is 8.42 Å². The van der Waals surface area contributed by atoms with E-state index in [4.69, 9.17) is 5.11 Å². The normalized spacial score (nSPS) is 18.3. The van der Waals surface area contributed by atoms with Crippen LogP contribution in [0.5, 0.6) is 0 Å². The number of nitrogens with one attached hydrogen (secondary N) is 1. The molecule has 1 fully saturated rings. The van der Waals surface area contributed by atoms with Crippen LogP contribution < -0.4 is 5.32 Å². The molecule has 0 amide bonds. The standard InChI is InChI=1S/C20H24N2O4S/c23-20(24)14-21-13-16-6-5-11-22(15-16)27(25,26)19-10-4-9-18(12-19)17-7-2-1-3-8-17/h1-4,7-10,12,16,21H,5-6,11,13-15H2,(H,23,24). The van der Waals surface area contributed by atoms with Crippen LogP contribution in [0.15, 0.2) is 59.5 Å². The van der Waals surface area contributed by atoms with Crippen molar-refractivity contribution in [2.75, 3.05) is 26.2 Å². The maximum Gasteiger partial charge on any atom is 0.317 e. The van der Waals surface area contributed by atoms with Crippen molar-refractivity contribution >= 4 is 16.0 Å². The van der Waals surface area contributed by atoms with Crippen LogP contribution >= 0.6 is 0 Å². The van der Waals surface area contributed by atoms with Gasteiger partial charge in [-0.3, -0.25) is 4.79 Å². The number of nitrogens with zero attached hydrogens (tertiary/aromatic N) is 1. The van der Waals surface area contributed by atoms with E-state index in [9.17, 15) is 13.2 Å². The van der Waals surface area contributed by atoms with Gasteiger partial charge in [0.25, 0.3) is 0 Å². The smallest absolute Gasteiger partial charge is 0.317 e. The molecule has 1 unspecified atom stereocenters. The minimum Gasteiger partial charge on any atom is -0.480 e. The predicted molar refractivity (Wildman–Crippen MR) is 104 cm³/mol. The Bertz CT molecular complexity index is 884. The highest BCUT2D eigenvalue weighted by molar-refractivity contribution is 7.89. The van der Waals surface area contributed by atoms with Crippen molar-refractivity contribution in [2.45, 2.75) is 17.7 Å². The van der Waals surface area contributed by atoms with Crippen LogP contribution in [0.2, 0.25) is 0 Å². The van der Waals surface area contributed by atoms with Crippen molar-refractivity contribution in [1.82, 2.24) is 9.62 Å². The molecule has 0 spiro atoms. The molecular weight excluding hydrogens is 364 g/mol. The maximum absolute atomic E-state index is 13.1. The van der Waals surface area contributed by atoms with Crippen molar-refractivity contribution in [1.29, 1.82) is 0 Å². The molecule has 1 saturated heterocycles. The van der Waals surface area contributed by atoms with Gasteiger partial charge in [0.2, 0.25) is 10.0 Å². The fourth-order valence-corrected chi connectivity index (χ4v) is 5.01. The molecule has 144 valence electrons. The second-order valence-electron chi connectivity index (χ2n) is 6.79. The summed E-state index contributed by atoms with van der Waals surface area (Å²) in [7, 11) is -3.58. The molecule has 0 bridgehead atoms. The van der Waals surface area contributed by atoms with Crippen LogP contribution in [0.3, 0.4) is 0 Å². The summed E-state index contributed by atoms with van der Waals surface area (Å²) in [5.74, 6) is -0.793. The van der Waals surface area contributed by atoms with Crippen LogP contribution in [-0.2, 0) is 14.8 Å². The number of aliphatic carboxylic acids is 1. The Labute approximate surface area is 159 Å². The first-order valence-corrected chi connectivity index (χ1v) is 10.5. The van der Waals surface area contributed by atoms with Crippen LogP contribution in [0.4, 0.5) is 0 Å². The van der Waals surface area contributed by atoms with Gasteiger partial charge in [0.15, 0.2) is 0 Å². The Kier molecular flexibility index (Phi) is 6.26. The van der Waals surface area contributed by atoms with E-state index in [1.807, 2.05) is 36.4 Å². The van der Waals surface area contributed by atoms with Crippen molar-refractivity contribution in [3.05, 3.63) is 54.6 Å². The lowest BCUT2D eigenvalue weighted by Gasteiger charge is -2.32. The molecule has 0 aromatic heterocycles. The molecule has 27 heavy (non-hydrogen) atoms. The molecule has 3 rings (SSSR count). The summed E-state index contributed by atoms with van der Waals surface area (Å²) in [6, 6.07) is 16.7. The van der Waals surface area contributed by atoms with Gasteiger partial charge in [-0.2, -0.15) is 4.31 Å². The number of carboxylic acids is 1. The Hall–Kier alpha value is -2.22. The van der Waals surface area contributed by atoms with E-state index in [0.29, 0.717) is 24.5 Å². The van der Waals surface area contributed by atoms with Gasteiger partial charge in [-0.15, -0.1) is 0 Å². The van der Waals surface area contributed by atoms with Crippen LogP contribution in [0, 0.1) is 5.92 Å². The molecule has 2 N–H and O–H groups in total. The average molecular weight is 388 g/mol. The molecule has 6 nitrogen and oxygen atoms in total. The van der Waals surface area contributed by atoms with E-state index in [1.165, 1.54) is 4.31 Å². The number of piperidine rings is 1. The lowest BCUT2D eigenvalue weighted by molar-refractivity contribution is -0.136. The monoisotopic (exact) mass is 388 g/mol. The first-order chi connectivity index (χ1) is 13.0. The van der Waals surface area contributed by atoms with Crippen molar-refractivity contribution in [3.63, 3.8) is 0 Å². The zero-order chi connectivity index (χ0) is 19.3. The van der Waals surface area contributed by atoms with Crippen LogP contribution in [0.25, 0.3) is 11.1 Å². The van der Waals surface area contributed by atoms with Crippen molar-refractivity contribution < 1.29 is 18.3 Å². The molecule has 1 aliphatic heterocycles. The van der Waals surface area contributed by atoms with Gasteiger partial charge in [0.05, 0.1) is 11.4 Å². The third-order valence-electron chi connectivity index (χ3n) is 4.77. The summed E-state index contributed by atoms with van der Waals surface area (Å²) in [6.45, 7) is 1.29. The zero-order valence-corrected chi connectivity index (χ0v) is 15.9. The summed E-state index contributed by atoms with van der Waals surface area (Å²) in [4.78, 5) is 10.9. The molecule has 7 heteroatoms. The third kappa shape index (κ3) is 4.94. The molecule has 0 aliphatic carbocycles. The van der Waals surface area contributed by atoms with Gasteiger partial charge < -0.3 is 10.4 Å². The third-order valence-corrected chi connectivity index (χ3v) is 6.63. The number of sulfonamides is 1. The van der Waals surface area contributed by atoms with Gasteiger partial charge in [0.1, 0.15) is 0 Å². The average Bonchev–Trinajstić information content (AvgIpc) is 2.69. The van der Waals surface area contributed by atoms with Crippen LogP contribution in [-0.4, -0.2) is 50.0 Å². The predicted octanol–water partition coefficient (Wildman–Crippen LogP) is 2.43. The van der Waals surface area contributed by atoms with E-state index in [-0.39, 0.29) is 12.5 Å². The first-order valence-electron chi connectivity index (χ1n) is 9.05. The summed E-state index contributed by atoms with van der Waals surface area (Å²) >= 11 is 0. The number of carbonyl (C=O) groups is 1. The highest BCUT2D eigenvalue weighted by Gasteiger charge is 2.30. The van der Waals surface area contributed by atoms with E-state index >= 15 is 0 Å². The Balaban J connectivity index is 1.75. The van der Waals surface area contributed by atoms with Crippen molar-refractivity contribution in [2.24, 2.45) is 5.92 Å². The van der Waals surface area contributed by atoms with E-state index < -0.39 is 16.0 Å². The molecule has 1 heterocycles. The van der Waals surface area contributed by atoms with Gasteiger partial charge in [0, 0.05) is 13.1 Å². The van der Waals surface area contributed by atoms with Crippen LogP contribution in [0.1, 0.15) is 12.8 Å². The molecule has 1 aliphatic rings. The minimum absolute atomic E-state index is 0.109. The summed E-state index contributed by atoms with van der Waals surface area (Å²) < 4.78 is 27.7. The molecule has 2 aromatic rings. The summed E-state index contributed by atoms with van der Waals surface area (Å²) in [5, 5.41) is 11.6. The molecule has 0 saturated carbocycles.